The molecule has 1 saturated carbocycles. The Labute approximate surface area is 168 Å². The van der Waals surface area contributed by atoms with Gasteiger partial charge in [-0.3, -0.25) is 0 Å². The van der Waals surface area contributed by atoms with Crippen LogP contribution in [0.15, 0.2) is 36.4 Å². The number of benzene rings is 1. The van der Waals surface area contributed by atoms with Gasteiger partial charge in [0.25, 0.3) is 0 Å². The number of carboxylic acid groups (broad SMARTS) is 1. The number of rotatable bonds is 6. The van der Waals surface area contributed by atoms with Crippen molar-refractivity contribution in [1.29, 1.82) is 0 Å². The van der Waals surface area contributed by atoms with Gasteiger partial charge in [-0.25, -0.2) is 22.9 Å². The highest BCUT2D eigenvalue weighted by molar-refractivity contribution is 7.92. The first-order valence-corrected chi connectivity index (χ1v) is 11.1. The number of fused-ring (bicyclic) bond motifs is 1. The van der Waals surface area contributed by atoms with Crippen molar-refractivity contribution >= 4 is 26.8 Å². The Morgan fingerprint density at radius 2 is 1.97 bits per heavy atom. The van der Waals surface area contributed by atoms with Gasteiger partial charge in [-0.05, 0) is 31.9 Å². The molecule has 2 aromatic heterocycles. The number of ether oxygens (including phenoxy) is 1. The van der Waals surface area contributed by atoms with Crippen LogP contribution in [0.1, 0.15) is 35.4 Å². The summed E-state index contributed by atoms with van der Waals surface area (Å²) in [4.78, 5) is 15.9. The molecule has 152 valence electrons. The lowest BCUT2D eigenvalue weighted by molar-refractivity contribution is 0.0690. The van der Waals surface area contributed by atoms with Gasteiger partial charge in [0.05, 0.1) is 16.8 Å². The van der Waals surface area contributed by atoms with Crippen LogP contribution in [0, 0.1) is 6.92 Å². The van der Waals surface area contributed by atoms with Gasteiger partial charge in [0.2, 0.25) is 0 Å². The summed E-state index contributed by atoms with van der Waals surface area (Å²) < 4.78 is 31.1. The highest BCUT2D eigenvalue weighted by Crippen LogP contribution is 2.40. The van der Waals surface area contributed by atoms with E-state index >= 15 is 0 Å². The fourth-order valence-electron chi connectivity index (χ4n) is 3.62. The lowest BCUT2D eigenvalue weighted by Crippen LogP contribution is -2.49. The van der Waals surface area contributed by atoms with Crippen LogP contribution in [-0.2, 0) is 9.84 Å². The van der Waals surface area contributed by atoms with Crippen molar-refractivity contribution in [2.24, 2.45) is 0 Å². The molecule has 4 rings (SSSR count). The molecule has 2 heterocycles. The van der Waals surface area contributed by atoms with E-state index in [2.05, 4.69) is 10.1 Å². The molecule has 0 unspecified atom stereocenters. The maximum absolute atomic E-state index is 12.2. The van der Waals surface area contributed by atoms with Gasteiger partial charge < -0.3 is 9.84 Å². The van der Waals surface area contributed by atoms with Crippen LogP contribution < -0.4 is 4.74 Å². The number of sulfone groups is 1. The van der Waals surface area contributed by atoms with E-state index in [1.807, 2.05) is 30.3 Å². The molecule has 1 fully saturated rings. The summed E-state index contributed by atoms with van der Waals surface area (Å²) in [6.45, 7) is 1.76. The van der Waals surface area contributed by atoms with Crippen molar-refractivity contribution in [3.8, 4) is 11.4 Å². The van der Waals surface area contributed by atoms with Crippen molar-refractivity contribution in [3.63, 3.8) is 0 Å². The fraction of sp³-hybridized carbons (Fsp3) is 0.350. The molecule has 1 aromatic carbocycles. The number of carbonyl (C=O) groups is 1. The third kappa shape index (κ3) is 3.25. The van der Waals surface area contributed by atoms with Crippen LogP contribution in [0.3, 0.4) is 0 Å². The number of hydrogen-bond donors (Lipinski definition) is 1. The van der Waals surface area contributed by atoms with Gasteiger partial charge in [-0.1, -0.05) is 24.6 Å². The smallest absolute Gasteiger partial charge is 0.354 e. The Morgan fingerprint density at radius 3 is 2.52 bits per heavy atom. The molecule has 0 bridgehead atoms. The molecule has 29 heavy (non-hydrogen) atoms. The largest absolute Gasteiger partial charge is 0.491 e. The zero-order valence-corrected chi connectivity index (χ0v) is 16.9. The molecule has 0 atom stereocenters. The van der Waals surface area contributed by atoms with E-state index < -0.39 is 20.6 Å². The van der Waals surface area contributed by atoms with E-state index in [0.717, 1.165) is 12.1 Å². The molecule has 0 amide bonds. The molecule has 1 N–H and O–H groups in total. The summed E-state index contributed by atoms with van der Waals surface area (Å²) in [6, 6.07) is 10.6. The van der Waals surface area contributed by atoms with E-state index in [1.54, 1.807) is 11.6 Å². The van der Waals surface area contributed by atoms with Gasteiger partial charge in [0.15, 0.2) is 21.2 Å². The Kier molecular flexibility index (Phi) is 4.57. The average molecular weight is 415 g/mol. The summed E-state index contributed by atoms with van der Waals surface area (Å²) in [5, 5.41) is 14.6. The summed E-state index contributed by atoms with van der Waals surface area (Å²) >= 11 is 0. The summed E-state index contributed by atoms with van der Waals surface area (Å²) in [7, 11) is -3.30. The van der Waals surface area contributed by atoms with Gasteiger partial charge in [-0.15, -0.1) is 0 Å². The van der Waals surface area contributed by atoms with Crippen LogP contribution in [0.5, 0.6) is 5.75 Å². The molecule has 1 aliphatic rings. The van der Waals surface area contributed by atoms with Crippen molar-refractivity contribution in [1.82, 2.24) is 14.8 Å². The number of aromatic nitrogens is 3. The van der Waals surface area contributed by atoms with Crippen LogP contribution in [0.25, 0.3) is 16.7 Å². The van der Waals surface area contributed by atoms with Gasteiger partial charge in [0.1, 0.15) is 17.1 Å². The maximum atomic E-state index is 12.2. The molecule has 0 saturated heterocycles. The minimum absolute atomic E-state index is 0.0278. The van der Waals surface area contributed by atoms with Crippen LogP contribution >= 0.6 is 0 Å². The second-order valence-electron chi connectivity index (χ2n) is 7.44. The molecule has 3 aromatic rings. The minimum atomic E-state index is -3.30. The molecule has 0 radical (unpaired) electrons. The number of pyridine rings is 1. The summed E-state index contributed by atoms with van der Waals surface area (Å²) in [6.07, 6.45) is 3.12. The number of carboxylic acids is 1. The third-order valence-electron chi connectivity index (χ3n) is 5.54. The first kappa shape index (κ1) is 19.4. The van der Waals surface area contributed by atoms with Crippen molar-refractivity contribution in [3.05, 3.63) is 47.8 Å². The average Bonchev–Trinajstić information content (AvgIpc) is 2.97. The molecular formula is C20H21N3O5S. The van der Waals surface area contributed by atoms with Crippen molar-refractivity contribution in [2.75, 3.05) is 12.9 Å². The zero-order chi connectivity index (χ0) is 20.8. The van der Waals surface area contributed by atoms with E-state index in [9.17, 15) is 18.3 Å². The Hall–Kier alpha value is -2.94. The molecular weight excluding hydrogens is 394 g/mol. The Balaban J connectivity index is 1.83. The van der Waals surface area contributed by atoms with E-state index in [-0.39, 0.29) is 18.1 Å². The van der Waals surface area contributed by atoms with Crippen LogP contribution in [0.4, 0.5) is 0 Å². The number of aromatic carboxylic acids is 1. The quantitative estimate of drug-likeness (QED) is 0.659. The molecule has 0 spiro atoms. The number of para-hydroxylation sites is 1. The molecule has 1 aliphatic carbocycles. The first-order chi connectivity index (χ1) is 13.7. The Bertz CT molecular complexity index is 1200. The second-order valence-corrected chi connectivity index (χ2v) is 9.85. The predicted octanol–water partition coefficient (Wildman–Crippen LogP) is 2.77. The number of nitrogens with zero attached hydrogens (tertiary/aromatic N) is 3. The SMILES string of the molecule is Cc1nn(-c2ccccc2)c2nc(C(=O)O)cc(OCC3(S(C)(=O)=O)CCC3)c12. The standard InChI is InChI=1S/C20H21N3O5S/c1-13-17-16(28-12-20(9-6-10-20)29(2,26)27)11-15(19(24)25)21-18(17)23(22-13)14-7-4-3-5-8-14/h3-5,7-8,11H,6,9-10,12H2,1-2H3,(H,24,25). The first-order valence-electron chi connectivity index (χ1n) is 9.23. The third-order valence-corrected chi connectivity index (χ3v) is 7.64. The molecule has 9 heteroatoms. The van der Waals surface area contributed by atoms with Gasteiger partial charge in [-0.2, -0.15) is 5.10 Å². The summed E-state index contributed by atoms with van der Waals surface area (Å²) in [5.41, 5.74) is 1.51. The number of hydrogen-bond acceptors (Lipinski definition) is 6. The van der Waals surface area contributed by atoms with Gasteiger partial charge in [0, 0.05) is 12.3 Å². The lowest BCUT2D eigenvalue weighted by Gasteiger charge is -2.39. The van der Waals surface area contributed by atoms with E-state index in [1.165, 1.54) is 12.3 Å². The topological polar surface area (TPSA) is 111 Å². The highest BCUT2D eigenvalue weighted by atomic mass is 32.2. The van der Waals surface area contributed by atoms with Crippen LogP contribution in [-0.4, -0.2) is 51.9 Å². The fourth-order valence-corrected chi connectivity index (χ4v) is 4.93. The van der Waals surface area contributed by atoms with E-state index in [4.69, 9.17) is 4.74 Å². The Morgan fingerprint density at radius 1 is 1.28 bits per heavy atom. The number of aryl methyl sites for hydroxylation is 1. The summed E-state index contributed by atoms with van der Waals surface area (Å²) in [5.74, 6) is -0.918. The van der Waals surface area contributed by atoms with Crippen molar-refractivity contribution < 1.29 is 23.1 Å². The highest BCUT2D eigenvalue weighted by Gasteiger charge is 2.47. The van der Waals surface area contributed by atoms with Crippen molar-refractivity contribution in [2.45, 2.75) is 30.9 Å². The predicted molar refractivity (Wildman–Crippen MR) is 107 cm³/mol. The van der Waals surface area contributed by atoms with Gasteiger partial charge >= 0.3 is 5.97 Å². The molecule has 8 nitrogen and oxygen atoms in total. The zero-order valence-electron chi connectivity index (χ0n) is 16.1. The van der Waals surface area contributed by atoms with Crippen LogP contribution in [0.2, 0.25) is 0 Å². The minimum Gasteiger partial charge on any atom is -0.491 e. The normalized spacial score (nSPS) is 15.8. The second kappa shape index (κ2) is 6.84. The monoisotopic (exact) mass is 415 g/mol. The lowest BCUT2D eigenvalue weighted by atomic mass is 9.85. The van der Waals surface area contributed by atoms with E-state index in [0.29, 0.717) is 29.6 Å². The maximum Gasteiger partial charge on any atom is 0.354 e. The molecule has 0 aliphatic heterocycles.